The van der Waals surface area contributed by atoms with E-state index in [4.69, 9.17) is 9.72 Å². The molecule has 2 aromatic carbocycles. The van der Waals surface area contributed by atoms with Crippen molar-refractivity contribution in [2.75, 3.05) is 38.2 Å². The number of ether oxygens (including phenoxy) is 1. The number of hydrogen-bond acceptors (Lipinski definition) is 7. The van der Waals surface area contributed by atoms with Crippen LogP contribution in [0, 0.1) is 6.92 Å². The minimum absolute atomic E-state index is 0.176. The van der Waals surface area contributed by atoms with Crippen LogP contribution in [0.1, 0.15) is 12.1 Å². The van der Waals surface area contributed by atoms with Crippen LogP contribution in [0.4, 0.5) is 5.69 Å². The molecule has 1 aliphatic rings. The Balaban J connectivity index is 1.40. The van der Waals surface area contributed by atoms with Crippen molar-refractivity contribution in [2.24, 2.45) is 0 Å². The summed E-state index contributed by atoms with van der Waals surface area (Å²) in [5, 5.41) is 3.74. The van der Waals surface area contributed by atoms with Crippen molar-refractivity contribution in [3.63, 3.8) is 0 Å². The van der Waals surface area contributed by atoms with Gasteiger partial charge >= 0.3 is 0 Å². The lowest BCUT2D eigenvalue weighted by Gasteiger charge is -2.26. The average Bonchev–Trinajstić information content (AvgIpc) is 3.50. The Morgan fingerprint density at radius 2 is 1.83 bits per heavy atom. The summed E-state index contributed by atoms with van der Waals surface area (Å²) < 4.78 is 11.9. The molecule has 0 saturated carbocycles. The molecule has 0 bridgehead atoms. The van der Waals surface area contributed by atoms with Crippen LogP contribution in [-0.2, 0) is 22.6 Å². The molecule has 41 heavy (non-hydrogen) atoms. The molecule has 1 N–H and O–H groups in total. The topological polar surface area (TPSA) is 103 Å². The van der Waals surface area contributed by atoms with E-state index in [9.17, 15) is 14.4 Å². The van der Waals surface area contributed by atoms with Gasteiger partial charge in [0.1, 0.15) is 6.54 Å². The molecular weight excluding hydrogens is 608 g/mol. The molecule has 0 aliphatic carbocycles. The molecule has 1 saturated heterocycles. The van der Waals surface area contributed by atoms with E-state index in [2.05, 4.69) is 26.1 Å². The monoisotopic (exact) mass is 636 g/mol. The number of morpholine rings is 1. The number of aromatic nitrogens is 4. The molecule has 0 atom stereocenters. The SMILES string of the molecule is Cc1c2c(=O)n(-c3nc4ccccc4s3)n(CC(=O)Nc3ccc(Br)cc3)c2cc(=O)n1CCCN1CCOCC1. The number of fused-ring (bicyclic) bond motifs is 2. The molecule has 0 spiro atoms. The van der Waals surface area contributed by atoms with Crippen LogP contribution >= 0.6 is 27.3 Å². The van der Waals surface area contributed by atoms with Crippen LogP contribution in [-0.4, -0.2) is 62.6 Å². The van der Waals surface area contributed by atoms with Crippen LogP contribution in [0.2, 0.25) is 0 Å². The van der Waals surface area contributed by atoms with Crippen molar-refractivity contribution in [3.8, 4) is 5.13 Å². The lowest BCUT2D eigenvalue weighted by Crippen LogP contribution is -2.37. The zero-order valence-corrected chi connectivity index (χ0v) is 24.9. The van der Waals surface area contributed by atoms with E-state index in [0.717, 1.165) is 54.0 Å². The first-order valence-electron chi connectivity index (χ1n) is 13.5. The Bertz CT molecular complexity index is 1820. The smallest absolute Gasteiger partial charge is 0.283 e. The normalized spacial score (nSPS) is 14.2. The van der Waals surface area contributed by atoms with Crippen molar-refractivity contribution in [1.82, 2.24) is 23.8 Å². The fraction of sp³-hybridized carbons (Fsp3) is 0.310. The molecule has 1 aliphatic heterocycles. The standard InChI is InChI=1S/C29H29BrN6O4S/c1-19-27-23(17-26(38)34(19)12-4-11-33-13-15-40-16-14-33)35(18-25(37)31-21-9-7-20(30)8-10-21)36(28(27)39)29-32-22-5-2-3-6-24(22)41-29/h2-3,5-10,17H,4,11-16,18H2,1H3,(H,31,37). The van der Waals surface area contributed by atoms with Gasteiger partial charge in [0.05, 0.1) is 34.3 Å². The van der Waals surface area contributed by atoms with Crippen molar-refractivity contribution in [2.45, 2.75) is 26.4 Å². The number of carbonyl (C=O) groups is 1. The molecule has 6 rings (SSSR count). The minimum Gasteiger partial charge on any atom is -0.379 e. The third-order valence-electron chi connectivity index (χ3n) is 7.32. The highest BCUT2D eigenvalue weighted by molar-refractivity contribution is 9.10. The number of halogens is 1. The summed E-state index contributed by atoms with van der Waals surface area (Å²) >= 11 is 4.76. The number of benzene rings is 2. The van der Waals surface area contributed by atoms with Gasteiger partial charge in [-0.05, 0) is 49.7 Å². The molecule has 12 heteroatoms. The highest BCUT2D eigenvalue weighted by Gasteiger charge is 2.23. The van der Waals surface area contributed by atoms with E-state index in [1.807, 2.05) is 36.4 Å². The van der Waals surface area contributed by atoms with E-state index < -0.39 is 0 Å². The molecular formula is C29H29BrN6O4S. The maximum absolute atomic E-state index is 14.0. The largest absolute Gasteiger partial charge is 0.379 e. The molecule has 1 fully saturated rings. The number of para-hydroxylation sites is 1. The number of aryl methyl sites for hydroxylation is 1. The summed E-state index contributed by atoms with van der Waals surface area (Å²) in [6.45, 7) is 6.17. The van der Waals surface area contributed by atoms with Gasteiger partial charge in [0.25, 0.3) is 11.1 Å². The van der Waals surface area contributed by atoms with Gasteiger partial charge in [0, 0.05) is 48.1 Å². The molecule has 5 aromatic rings. The Hall–Kier alpha value is -3.58. The summed E-state index contributed by atoms with van der Waals surface area (Å²) in [5.74, 6) is -0.327. The highest BCUT2D eigenvalue weighted by atomic mass is 79.9. The predicted molar refractivity (Wildman–Crippen MR) is 164 cm³/mol. The van der Waals surface area contributed by atoms with E-state index in [0.29, 0.717) is 34.0 Å². The predicted octanol–water partition coefficient (Wildman–Crippen LogP) is 4.00. The number of hydrogen-bond donors (Lipinski definition) is 1. The molecule has 0 unspecified atom stereocenters. The fourth-order valence-electron chi connectivity index (χ4n) is 5.27. The molecule has 4 heterocycles. The zero-order valence-electron chi connectivity index (χ0n) is 22.5. The number of thiazole rings is 1. The van der Waals surface area contributed by atoms with Crippen LogP contribution in [0.3, 0.4) is 0 Å². The van der Waals surface area contributed by atoms with E-state index in [1.165, 1.54) is 22.1 Å². The van der Waals surface area contributed by atoms with Crippen LogP contribution in [0.15, 0.2) is 68.7 Å². The third-order valence-corrected chi connectivity index (χ3v) is 8.86. The number of nitrogens with one attached hydrogen (secondary N) is 1. The molecule has 3 aromatic heterocycles. The lowest BCUT2D eigenvalue weighted by atomic mass is 10.2. The summed E-state index contributed by atoms with van der Waals surface area (Å²) in [6, 6.07) is 16.4. The maximum atomic E-state index is 14.0. The van der Waals surface area contributed by atoms with Gasteiger partial charge in [0.2, 0.25) is 11.0 Å². The van der Waals surface area contributed by atoms with Crippen molar-refractivity contribution < 1.29 is 9.53 Å². The highest BCUT2D eigenvalue weighted by Crippen LogP contribution is 2.26. The summed E-state index contributed by atoms with van der Waals surface area (Å²) in [7, 11) is 0. The first kappa shape index (κ1) is 27.6. The lowest BCUT2D eigenvalue weighted by molar-refractivity contribution is -0.116. The van der Waals surface area contributed by atoms with Gasteiger partial charge in [-0.15, -0.1) is 0 Å². The summed E-state index contributed by atoms with van der Waals surface area (Å²) in [4.78, 5) is 47.7. The third kappa shape index (κ3) is 5.65. The number of anilines is 1. The first-order valence-corrected chi connectivity index (χ1v) is 15.1. The zero-order chi connectivity index (χ0) is 28.5. The van der Waals surface area contributed by atoms with Gasteiger partial charge < -0.3 is 14.6 Å². The van der Waals surface area contributed by atoms with Gasteiger partial charge in [-0.25, -0.2) is 4.98 Å². The Morgan fingerprint density at radius 1 is 1.07 bits per heavy atom. The molecule has 212 valence electrons. The summed E-state index contributed by atoms with van der Waals surface area (Å²) in [5.41, 5.74) is 1.86. The van der Waals surface area contributed by atoms with Crippen molar-refractivity contribution in [1.29, 1.82) is 0 Å². The van der Waals surface area contributed by atoms with Crippen molar-refractivity contribution >= 4 is 60.0 Å². The Morgan fingerprint density at radius 3 is 2.59 bits per heavy atom. The number of rotatable bonds is 8. The number of pyridine rings is 1. The number of carbonyl (C=O) groups excluding carboxylic acids is 1. The Kier molecular flexibility index (Phi) is 7.89. The molecule has 10 nitrogen and oxygen atoms in total. The Labute approximate surface area is 247 Å². The van der Waals surface area contributed by atoms with Crippen LogP contribution < -0.4 is 16.4 Å². The molecule has 0 radical (unpaired) electrons. The van der Waals surface area contributed by atoms with Gasteiger partial charge in [-0.2, -0.15) is 4.68 Å². The second-order valence-electron chi connectivity index (χ2n) is 9.98. The van der Waals surface area contributed by atoms with E-state index in [1.54, 1.807) is 28.3 Å². The van der Waals surface area contributed by atoms with Gasteiger partial charge in [-0.3, -0.25) is 24.0 Å². The van der Waals surface area contributed by atoms with Gasteiger partial charge in [-0.1, -0.05) is 39.4 Å². The van der Waals surface area contributed by atoms with Crippen LogP contribution in [0.5, 0.6) is 0 Å². The minimum atomic E-state index is -0.327. The van der Waals surface area contributed by atoms with E-state index in [-0.39, 0.29) is 23.6 Å². The number of amides is 1. The average molecular weight is 638 g/mol. The quantitative estimate of drug-likeness (QED) is 0.276. The van der Waals surface area contributed by atoms with Crippen molar-refractivity contribution in [3.05, 3.63) is 85.5 Å². The second kappa shape index (κ2) is 11.7. The maximum Gasteiger partial charge on any atom is 0.283 e. The summed E-state index contributed by atoms with van der Waals surface area (Å²) in [6.07, 6.45) is 0.772. The first-order chi connectivity index (χ1) is 19.9. The van der Waals surface area contributed by atoms with Gasteiger partial charge in [0.15, 0.2) is 0 Å². The fourth-order valence-corrected chi connectivity index (χ4v) is 6.50. The second-order valence-corrected chi connectivity index (χ2v) is 11.9. The molecule has 1 amide bonds. The van der Waals surface area contributed by atoms with E-state index >= 15 is 0 Å². The number of nitrogens with zero attached hydrogens (tertiary/aromatic N) is 5. The van der Waals surface area contributed by atoms with Crippen LogP contribution in [0.25, 0.3) is 26.3 Å².